The summed E-state index contributed by atoms with van der Waals surface area (Å²) in [5.41, 5.74) is 3.22. The van der Waals surface area contributed by atoms with E-state index in [0.29, 0.717) is 6.54 Å². The van der Waals surface area contributed by atoms with Crippen LogP contribution in [0.2, 0.25) is 0 Å². The quantitative estimate of drug-likeness (QED) is 0.792. The highest BCUT2D eigenvalue weighted by atomic mass is 32.2. The summed E-state index contributed by atoms with van der Waals surface area (Å²) < 4.78 is 25.4. The van der Waals surface area contributed by atoms with Crippen molar-refractivity contribution in [2.24, 2.45) is 0 Å². The van der Waals surface area contributed by atoms with Crippen LogP contribution < -0.4 is 4.31 Å². The van der Waals surface area contributed by atoms with Gasteiger partial charge in [0.15, 0.2) is 0 Å². The maximum atomic E-state index is 11.9. The number of nitrogens with zero attached hydrogens (tertiary/aromatic N) is 1. The lowest BCUT2D eigenvalue weighted by Crippen LogP contribution is -2.36. The zero-order valence-corrected chi connectivity index (χ0v) is 10.5. The first-order chi connectivity index (χ1) is 7.54. The Bertz CT molecular complexity index is 494. The van der Waals surface area contributed by atoms with Gasteiger partial charge in [-0.2, -0.15) is 0 Å². The van der Waals surface area contributed by atoms with Gasteiger partial charge in [-0.15, -0.1) is 0 Å². The predicted octanol–water partition coefficient (Wildman–Crippen LogP) is 2.10. The lowest BCUT2D eigenvalue weighted by molar-refractivity contribution is 0.588. The number of benzene rings is 1. The third-order valence-electron chi connectivity index (χ3n) is 3.01. The molecule has 1 aromatic carbocycles. The third kappa shape index (κ3) is 1.94. The smallest absolute Gasteiger partial charge is 0.234 e. The predicted molar refractivity (Wildman–Crippen MR) is 66.3 cm³/mol. The molecule has 4 heteroatoms. The second-order valence-corrected chi connectivity index (χ2v) is 6.39. The van der Waals surface area contributed by atoms with Crippen LogP contribution in [0.4, 0.5) is 5.69 Å². The number of hydrogen-bond acceptors (Lipinski definition) is 2. The summed E-state index contributed by atoms with van der Waals surface area (Å²) in [5.74, 6) is 0.167. The van der Waals surface area contributed by atoms with Crippen LogP contribution in [-0.4, -0.2) is 20.7 Å². The molecule has 0 N–H and O–H groups in total. The van der Waals surface area contributed by atoms with Crippen LogP contribution in [0, 0.1) is 6.92 Å². The van der Waals surface area contributed by atoms with E-state index in [1.54, 1.807) is 11.2 Å². The summed E-state index contributed by atoms with van der Waals surface area (Å²) in [7, 11) is -3.11. The molecule has 0 aromatic heterocycles. The summed E-state index contributed by atoms with van der Waals surface area (Å²) in [6.07, 6.45) is 1.89. The molecule has 1 aromatic rings. The average Bonchev–Trinajstić information content (AvgIpc) is 2.27. The van der Waals surface area contributed by atoms with E-state index in [1.807, 2.05) is 19.1 Å². The van der Waals surface area contributed by atoms with Gasteiger partial charge in [0, 0.05) is 6.54 Å². The van der Waals surface area contributed by atoms with Gasteiger partial charge >= 0.3 is 0 Å². The molecule has 2 rings (SSSR count). The largest absolute Gasteiger partial charge is 0.270 e. The van der Waals surface area contributed by atoms with Crippen LogP contribution >= 0.6 is 0 Å². The van der Waals surface area contributed by atoms with Crippen molar-refractivity contribution in [3.63, 3.8) is 0 Å². The van der Waals surface area contributed by atoms with Crippen molar-refractivity contribution in [1.82, 2.24) is 0 Å². The van der Waals surface area contributed by atoms with Gasteiger partial charge in [-0.1, -0.05) is 17.7 Å². The monoisotopic (exact) mass is 239 g/mol. The van der Waals surface area contributed by atoms with Gasteiger partial charge < -0.3 is 0 Å². The number of rotatable bonds is 2. The Labute approximate surface area is 97.1 Å². The summed E-state index contributed by atoms with van der Waals surface area (Å²) in [6, 6.07) is 5.99. The van der Waals surface area contributed by atoms with E-state index < -0.39 is 10.0 Å². The average molecular weight is 239 g/mol. The molecule has 3 nitrogen and oxygen atoms in total. The molecule has 1 aliphatic heterocycles. The van der Waals surface area contributed by atoms with Crippen molar-refractivity contribution < 1.29 is 8.42 Å². The molecule has 0 fully saturated rings. The zero-order valence-electron chi connectivity index (χ0n) is 9.73. The fourth-order valence-corrected chi connectivity index (χ4v) is 3.33. The minimum atomic E-state index is -3.11. The van der Waals surface area contributed by atoms with Crippen LogP contribution in [0.1, 0.15) is 24.5 Å². The zero-order chi connectivity index (χ0) is 11.8. The van der Waals surface area contributed by atoms with Crippen molar-refractivity contribution in [2.45, 2.75) is 26.7 Å². The first-order valence-electron chi connectivity index (χ1n) is 5.64. The van der Waals surface area contributed by atoms with E-state index in [9.17, 15) is 8.42 Å². The van der Waals surface area contributed by atoms with Gasteiger partial charge in [0.2, 0.25) is 10.0 Å². The Morgan fingerprint density at radius 1 is 1.38 bits per heavy atom. The molecule has 88 valence electrons. The highest BCUT2D eigenvalue weighted by Crippen LogP contribution is 2.30. The van der Waals surface area contributed by atoms with Crippen molar-refractivity contribution in [3.05, 3.63) is 29.3 Å². The van der Waals surface area contributed by atoms with E-state index in [1.165, 1.54) is 5.56 Å². The lowest BCUT2D eigenvalue weighted by atomic mass is 10.0. The van der Waals surface area contributed by atoms with Crippen LogP contribution in [0.5, 0.6) is 0 Å². The van der Waals surface area contributed by atoms with Gasteiger partial charge in [0.25, 0.3) is 0 Å². The van der Waals surface area contributed by atoms with Gasteiger partial charge in [-0.25, -0.2) is 8.42 Å². The van der Waals surface area contributed by atoms with Crippen molar-refractivity contribution in [3.8, 4) is 0 Å². The van der Waals surface area contributed by atoms with Gasteiger partial charge in [0.05, 0.1) is 11.4 Å². The number of fused-ring (bicyclic) bond motifs is 1. The highest BCUT2D eigenvalue weighted by Gasteiger charge is 2.25. The Kier molecular flexibility index (Phi) is 2.93. The van der Waals surface area contributed by atoms with Crippen molar-refractivity contribution in [2.75, 3.05) is 16.6 Å². The van der Waals surface area contributed by atoms with Gasteiger partial charge in [0.1, 0.15) is 0 Å². The molecule has 0 aliphatic carbocycles. The second-order valence-electron chi connectivity index (χ2n) is 4.21. The first-order valence-corrected chi connectivity index (χ1v) is 7.25. The summed E-state index contributed by atoms with van der Waals surface area (Å²) in [6.45, 7) is 4.34. The van der Waals surface area contributed by atoms with Crippen molar-refractivity contribution in [1.29, 1.82) is 0 Å². The molecule has 1 heterocycles. The minimum absolute atomic E-state index is 0.167. The molecule has 0 amide bonds. The topological polar surface area (TPSA) is 37.4 Å². The maximum absolute atomic E-state index is 11.9. The van der Waals surface area contributed by atoms with E-state index in [0.717, 1.165) is 24.1 Å². The van der Waals surface area contributed by atoms with E-state index in [-0.39, 0.29) is 5.75 Å². The van der Waals surface area contributed by atoms with Crippen LogP contribution in [0.15, 0.2) is 18.2 Å². The molecule has 0 radical (unpaired) electrons. The molecule has 0 bridgehead atoms. The van der Waals surface area contributed by atoms with Crippen LogP contribution in [0.3, 0.4) is 0 Å². The summed E-state index contributed by atoms with van der Waals surface area (Å²) in [4.78, 5) is 0. The molecule has 0 saturated heterocycles. The number of aryl methyl sites for hydroxylation is 2. The van der Waals surface area contributed by atoms with Crippen LogP contribution in [-0.2, 0) is 16.4 Å². The third-order valence-corrected chi connectivity index (χ3v) is 4.79. The van der Waals surface area contributed by atoms with Gasteiger partial charge in [-0.3, -0.25) is 4.31 Å². The van der Waals surface area contributed by atoms with Crippen LogP contribution in [0.25, 0.3) is 0 Å². The maximum Gasteiger partial charge on any atom is 0.234 e. The lowest BCUT2D eigenvalue weighted by Gasteiger charge is -2.30. The fraction of sp³-hybridized carbons (Fsp3) is 0.500. The minimum Gasteiger partial charge on any atom is -0.270 e. The molecule has 0 unspecified atom stereocenters. The Morgan fingerprint density at radius 3 is 2.81 bits per heavy atom. The van der Waals surface area contributed by atoms with E-state index >= 15 is 0 Å². The molecule has 1 aliphatic rings. The summed E-state index contributed by atoms with van der Waals surface area (Å²) >= 11 is 0. The Hall–Kier alpha value is -1.03. The molecule has 0 atom stereocenters. The summed E-state index contributed by atoms with van der Waals surface area (Å²) in [5, 5.41) is 0. The SMILES string of the molecule is CCS(=O)(=O)N1CCCc2cc(C)ccc21. The molecule has 0 spiro atoms. The molecular weight excluding hydrogens is 222 g/mol. The fourth-order valence-electron chi connectivity index (χ4n) is 2.14. The van der Waals surface area contributed by atoms with E-state index in [2.05, 4.69) is 6.07 Å². The Balaban J connectivity index is 2.49. The van der Waals surface area contributed by atoms with Crippen molar-refractivity contribution >= 4 is 15.7 Å². The second kappa shape index (κ2) is 4.09. The molecule has 16 heavy (non-hydrogen) atoms. The molecule has 0 saturated carbocycles. The van der Waals surface area contributed by atoms with Gasteiger partial charge in [-0.05, 0) is 38.3 Å². The normalized spacial score (nSPS) is 16.0. The van der Waals surface area contributed by atoms with E-state index in [4.69, 9.17) is 0 Å². The number of anilines is 1. The number of sulfonamides is 1. The Morgan fingerprint density at radius 2 is 2.12 bits per heavy atom. The first kappa shape index (κ1) is 11.5. The molecular formula is C12H17NO2S. The number of hydrogen-bond donors (Lipinski definition) is 0. The highest BCUT2D eigenvalue weighted by molar-refractivity contribution is 7.92. The standard InChI is InChI=1S/C12H17NO2S/c1-3-16(14,15)13-8-4-5-11-9-10(2)6-7-12(11)13/h6-7,9H,3-5,8H2,1-2H3.